The SMILES string of the molecule is C1=Cc2ccccc2OC1.c1ccc2c(c1)CCCN2. The summed E-state index contributed by atoms with van der Waals surface area (Å²) < 4.78 is 5.34. The molecule has 2 aliphatic heterocycles. The first-order valence-corrected chi connectivity index (χ1v) is 7.13. The number of anilines is 1. The smallest absolute Gasteiger partial charge is 0.126 e. The predicted octanol–water partition coefficient (Wildman–Crippen LogP) is 4.14. The van der Waals surface area contributed by atoms with Crippen LogP contribution in [0.3, 0.4) is 0 Å². The lowest BCUT2D eigenvalue weighted by atomic mass is 10.0. The maximum Gasteiger partial charge on any atom is 0.126 e. The topological polar surface area (TPSA) is 21.3 Å². The standard InChI is InChI=1S/C9H11N.C9H8O/c2*1-2-6-9-8(4-1)5-3-7-10-9/h1-2,4,6,10H,3,5,7H2;1-6H,7H2. The van der Waals surface area contributed by atoms with Crippen LogP contribution in [-0.2, 0) is 6.42 Å². The van der Waals surface area contributed by atoms with Crippen molar-refractivity contribution in [1.29, 1.82) is 0 Å². The van der Waals surface area contributed by atoms with E-state index < -0.39 is 0 Å². The molecule has 102 valence electrons. The molecule has 0 fully saturated rings. The van der Waals surface area contributed by atoms with E-state index in [4.69, 9.17) is 4.74 Å². The first-order valence-electron chi connectivity index (χ1n) is 7.13. The molecule has 0 spiro atoms. The molecule has 2 heteroatoms. The van der Waals surface area contributed by atoms with E-state index in [1.165, 1.54) is 29.7 Å². The van der Waals surface area contributed by atoms with Crippen molar-refractivity contribution >= 4 is 11.8 Å². The van der Waals surface area contributed by atoms with Gasteiger partial charge in [0, 0.05) is 17.8 Å². The average molecular weight is 265 g/mol. The zero-order valence-electron chi connectivity index (χ0n) is 11.5. The lowest BCUT2D eigenvalue weighted by Crippen LogP contribution is -2.10. The van der Waals surface area contributed by atoms with E-state index in [0.717, 1.165) is 12.3 Å². The van der Waals surface area contributed by atoms with E-state index in [-0.39, 0.29) is 0 Å². The second-order valence-corrected chi connectivity index (χ2v) is 4.94. The molecule has 0 saturated carbocycles. The first-order chi connectivity index (χ1) is 9.93. The minimum Gasteiger partial charge on any atom is -0.489 e. The molecule has 2 aromatic rings. The van der Waals surface area contributed by atoms with E-state index in [1.807, 2.05) is 30.3 Å². The number of para-hydroxylation sites is 2. The summed E-state index contributed by atoms with van der Waals surface area (Å²) in [6.45, 7) is 1.84. The number of ether oxygens (including phenoxy) is 1. The van der Waals surface area contributed by atoms with Crippen LogP contribution in [-0.4, -0.2) is 13.2 Å². The van der Waals surface area contributed by atoms with Crippen LogP contribution in [0.2, 0.25) is 0 Å². The maximum atomic E-state index is 5.34. The molecule has 0 aliphatic carbocycles. The number of fused-ring (bicyclic) bond motifs is 2. The molecule has 2 heterocycles. The molecule has 0 radical (unpaired) electrons. The first kappa shape index (κ1) is 12.8. The van der Waals surface area contributed by atoms with E-state index in [0.29, 0.717) is 6.61 Å². The van der Waals surface area contributed by atoms with Gasteiger partial charge in [-0.25, -0.2) is 0 Å². The molecule has 0 aromatic heterocycles. The Balaban J connectivity index is 0.000000121. The van der Waals surface area contributed by atoms with Crippen molar-refractivity contribution in [2.45, 2.75) is 12.8 Å². The average Bonchev–Trinajstić information content (AvgIpc) is 2.56. The van der Waals surface area contributed by atoms with Crippen LogP contribution in [0.5, 0.6) is 5.75 Å². The summed E-state index contributed by atoms with van der Waals surface area (Å²) in [5.41, 5.74) is 3.97. The van der Waals surface area contributed by atoms with Crippen LogP contribution in [0.1, 0.15) is 17.5 Å². The number of hydrogen-bond acceptors (Lipinski definition) is 2. The Labute approximate surface area is 120 Å². The third-order valence-electron chi connectivity index (χ3n) is 3.51. The Morgan fingerprint density at radius 2 is 1.80 bits per heavy atom. The monoisotopic (exact) mass is 265 g/mol. The van der Waals surface area contributed by atoms with Crippen molar-refractivity contribution < 1.29 is 4.74 Å². The van der Waals surface area contributed by atoms with Crippen molar-refractivity contribution in [2.24, 2.45) is 0 Å². The lowest BCUT2D eigenvalue weighted by molar-refractivity contribution is 0.358. The summed E-state index contributed by atoms with van der Waals surface area (Å²) in [5, 5.41) is 3.36. The zero-order valence-corrected chi connectivity index (χ0v) is 11.5. The van der Waals surface area contributed by atoms with Crippen LogP contribution in [0.4, 0.5) is 5.69 Å². The number of benzene rings is 2. The quantitative estimate of drug-likeness (QED) is 0.773. The van der Waals surface area contributed by atoms with Gasteiger partial charge in [0.25, 0.3) is 0 Å². The highest BCUT2D eigenvalue weighted by Gasteiger charge is 2.04. The van der Waals surface area contributed by atoms with Crippen LogP contribution in [0.15, 0.2) is 54.6 Å². The van der Waals surface area contributed by atoms with Crippen LogP contribution in [0, 0.1) is 0 Å². The molecule has 2 aromatic carbocycles. The summed E-state index contributed by atoms with van der Waals surface area (Å²) in [6.07, 6.45) is 6.61. The molecule has 2 nitrogen and oxygen atoms in total. The molecular formula is C18H19NO. The fourth-order valence-corrected chi connectivity index (χ4v) is 2.48. The maximum absolute atomic E-state index is 5.34. The largest absolute Gasteiger partial charge is 0.489 e. The number of hydrogen-bond donors (Lipinski definition) is 1. The fourth-order valence-electron chi connectivity index (χ4n) is 2.48. The van der Waals surface area contributed by atoms with E-state index in [9.17, 15) is 0 Å². The third-order valence-corrected chi connectivity index (χ3v) is 3.51. The highest BCUT2D eigenvalue weighted by Crippen LogP contribution is 2.22. The van der Waals surface area contributed by atoms with Gasteiger partial charge in [-0.1, -0.05) is 42.5 Å². The molecule has 0 amide bonds. The number of aryl methyl sites for hydroxylation is 1. The van der Waals surface area contributed by atoms with E-state index in [2.05, 4.69) is 35.7 Å². The van der Waals surface area contributed by atoms with Gasteiger partial charge in [-0.3, -0.25) is 0 Å². The van der Waals surface area contributed by atoms with Gasteiger partial charge in [0.15, 0.2) is 0 Å². The minimum absolute atomic E-state index is 0.705. The molecule has 4 rings (SSSR count). The normalized spacial score (nSPS) is 14.8. The highest BCUT2D eigenvalue weighted by molar-refractivity contribution is 5.58. The molecule has 0 bridgehead atoms. The van der Waals surface area contributed by atoms with Gasteiger partial charge in [-0.15, -0.1) is 0 Å². The Morgan fingerprint density at radius 1 is 0.950 bits per heavy atom. The minimum atomic E-state index is 0.705. The molecule has 1 N–H and O–H groups in total. The predicted molar refractivity (Wildman–Crippen MR) is 84.2 cm³/mol. The van der Waals surface area contributed by atoms with Crippen molar-refractivity contribution in [3.63, 3.8) is 0 Å². The summed E-state index contributed by atoms with van der Waals surface area (Å²) in [6, 6.07) is 16.6. The summed E-state index contributed by atoms with van der Waals surface area (Å²) >= 11 is 0. The fraction of sp³-hybridized carbons (Fsp3) is 0.222. The second-order valence-electron chi connectivity index (χ2n) is 4.94. The van der Waals surface area contributed by atoms with Crippen molar-refractivity contribution in [2.75, 3.05) is 18.5 Å². The van der Waals surface area contributed by atoms with Crippen LogP contribution >= 0.6 is 0 Å². The van der Waals surface area contributed by atoms with Gasteiger partial charge in [0.2, 0.25) is 0 Å². The molecule has 0 unspecified atom stereocenters. The van der Waals surface area contributed by atoms with Gasteiger partial charge >= 0.3 is 0 Å². The Kier molecular flexibility index (Phi) is 4.02. The highest BCUT2D eigenvalue weighted by atomic mass is 16.5. The molecular weight excluding hydrogens is 246 g/mol. The van der Waals surface area contributed by atoms with Crippen LogP contribution < -0.4 is 10.1 Å². The number of rotatable bonds is 0. The zero-order chi connectivity index (χ0) is 13.6. The van der Waals surface area contributed by atoms with Gasteiger partial charge in [0.1, 0.15) is 12.4 Å². The van der Waals surface area contributed by atoms with Gasteiger partial charge in [-0.2, -0.15) is 0 Å². The molecule has 20 heavy (non-hydrogen) atoms. The Hall–Kier alpha value is -2.22. The van der Waals surface area contributed by atoms with E-state index in [1.54, 1.807) is 0 Å². The Bertz CT molecular complexity index is 579. The third kappa shape index (κ3) is 3.02. The Morgan fingerprint density at radius 3 is 2.70 bits per heavy atom. The van der Waals surface area contributed by atoms with Gasteiger partial charge in [-0.05, 0) is 36.6 Å². The molecule has 0 atom stereocenters. The summed E-state index contributed by atoms with van der Waals surface area (Å²) in [5.74, 6) is 0.991. The van der Waals surface area contributed by atoms with Crippen molar-refractivity contribution in [3.05, 3.63) is 65.7 Å². The second kappa shape index (κ2) is 6.29. The van der Waals surface area contributed by atoms with E-state index >= 15 is 0 Å². The van der Waals surface area contributed by atoms with Crippen LogP contribution in [0.25, 0.3) is 6.08 Å². The van der Waals surface area contributed by atoms with Gasteiger partial charge < -0.3 is 10.1 Å². The molecule has 2 aliphatic rings. The van der Waals surface area contributed by atoms with Gasteiger partial charge in [0.05, 0.1) is 0 Å². The summed E-state index contributed by atoms with van der Waals surface area (Å²) in [4.78, 5) is 0. The van der Waals surface area contributed by atoms with Crippen molar-refractivity contribution in [1.82, 2.24) is 0 Å². The lowest BCUT2D eigenvalue weighted by Gasteiger charge is -2.16. The number of nitrogens with one attached hydrogen (secondary N) is 1. The molecule has 0 saturated heterocycles. The van der Waals surface area contributed by atoms with Crippen molar-refractivity contribution in [3.8, 4) is 5.75 Å². The summed E-state index contributed by atoms with van der Waals surface area (Å²) in [7, 11) is 0.